The molecule has 0 aliphatic rings. The first kappa shape index (κ1) is 19.6. The second-order valence-corrected chi connectivity index (χ2v) is 9.26. The molecule has 0 spiro atoms. The van der Waals surface area contributed by atoms with Crippen LogP contribution in [-0.2, 0) is 10.0 Å². The molecule has 0 fully saturated rings. The van der Waals surface area contributed by atoms with Crippen LogP contribution < -0.4 is 5.32 Å². The molecule has 5 nitrogen and oxygen atoms in total. The highest BCUT2D eigenvalue weighted by Crippen LogP contribution is 2.27. The van der Waals surface area contributed by atoms with Crippen LogP contribution in [0.3, 0.4) is 0 Å². The van der Waals surface area contributed by atoms with Gasteiger partial charge in [0.1, 0.15) is 5.82 Å². The number of carbonyl (C=O) groups excluding carboxylic acids is 1. The topological polar surface area (TPSA) is 68.2 Å². The number of nitrogens with zero attached hydrogens (tertiary/aromatic N) is 1. The third kappa shape index (κ3) is 3.77. The second kappa shape index (κ2) is 7.60. The highest BCUT2D eigenvalue weighted by molar-refractivity contribution is 14.1. The minimum atomic E-state index is -3.81. The third-order valence-electron chi connectivity index (χ3n) is 4.40. The van der Waals surface area contributed by atoms with Crippen molar-refractivity contribution in [3.8, 4) is 0 Å². The van der Waals surface area contributed by atoms with Crippen LogP contribution >= 0.6 is 22.6 Å². The number of hydrogen-bond acceptors (Lipinski definition) is 3. The number of benzene rings is 3. The minimum absolute atomic E-state index is 0.0768. The van der Waals surface area contributed by atoms with Gasteiger partial charge in [0.05, 0.1) is 10.4 Å². The van der Waals surface area contributed by atoms with Crippen LogP contribution in [0.25, 0.3) is 10.9 Å². The van der Waals surface area contributed by atoms with Gasteiger partial charge in [0.15, 0.2) is 0 Å². The van der Waals surface area contributed by atoms with Gasteiger partial charge in [-0.15, -0.1) is 0 Å². The van der Waals surface area contributed by atoms with Crippen LogP contribution in [0.2, 0.25) is 0 Å². The molecule has 1 amide bonds. The summed E-state index contributed by atoms with van der Waals surface area (Å²) < 4.78 is 41.2. The molecule has 29 heavy (non-hydrogen) atoms. The molecular formula is C21H14FIN2O3S. The van der Waals surface area contributed by atoms with Gasteiger partial charge in [-0.2, -0.15) is 0 Å². The summed E-state index contributed by atoms with van der Waals surface area (Å²) in [5.41, 5.74) is 1.33. The van der Waals surface area contributed by atoms with E-state index in [1.165, 1.54) is 52.5 Å². The van der Waals surface area contributed by atoms with Crippen molar-refractivity contribution in [2.24, 2.45) is 0 Å². The number of hydrogen-bond donors (Lipinski definition) is 1. The molecule has 1 N–H and O–H groups in total. The van der Waals surface area contributed by atoms with E-state index < -0.39 is 21.7 Å². The summed E-state index contributed by atoms with van der Waals surface area (Å²) in [6.45, 7) is 0. The van der Waals surface area contributed by atoms with Crippen molar-refractivity contribution in [3.05, 3.63) is 93.9 Å². The van der Waals surface area contributed by atoms with Crippen molar-refractivity contribution in [2.45, 2.75) is 4.90 Å². The maximum absolute atomic E-state index is 13.1. The fourth-order valence-corrected chi connectivity index (χ4v) is 5.23. The number of nitrogens with one attached hydrogen (secondary N) is 1. The van der Waals surface area contributed by atoms with Crippen LogP contribution in [0.4, 0.5) is 10.1 Å². The van der Waals surface area contributed by atoms with Gasteiger partial charge < -0.3 is 5.32 Å². The normalized spacial score (nSPS) is 11.5. The van der Waals surface area contributed by atoms with Crippen LogP contribution in [0.5, 0.6) is 0 Å². The quantitative estimate of drug-likeness (QED) is 0.391. The maximum Gasteiger partial charge on any atom is 0.268 e. The Morgan fingerprint density at radius 1 is 0.931 bits per heavy atom. The van der Waals surface area contributed by atoms with E-state index in [2.05, 4.69) is 27.9 Å². The van der Waals surface area contributed by atoms with Gasteiger partial charge in [-0.05, 0) is 77.2 Å². The molecule has 0 radical (unpaired) electrons. The van der Waals surface area contributed by atoms with Gasteiger partial charge in [0, 0.05) is 26.4 Å². The zero-order valence-corrected chi connectivity index (χ0v) is 17.8. The summed E-state index contributed by atoms with van der Waals surface area (Å²) in [5, 5.41) is 3.50. The van der Waals surface area contributed by atoms with E-state index in [0.717, 1.165) is 8.96 Å². The van der Waals surface area contributed by atoms with Crippen molar-refractivity contribution in [2.75, 3.05) is 5.32 Å². The number of aromatic nitrogens is 1. The maximum atomic E-state index is 13.1. The van der Waals surface area contributed by atoms with Gasteiger partial charge >= 0.3 is 0 Å². The average Bonchev–Trinajstić information content (AvgIpc) is 3.07. The summed E-state index contributed by atoms with van der Waals surface area (Å²) in [6.07, 6.45) is 1.58. The van der Waals surface area contributed by atoms with Gasteiger partial charge in [-0.25, -0.2) is 16.8 Å². The first-order valence-electron chi connectivity index (χ1n) is 8.54. The predicted octanol–water partition coefficient (Wildman–Crippen LogP) is 4.87. The van der Waals surface area contributed by atoms with E-state index in [-0.39, 0.29) is 4.90 Å². The molecule has 146 valence electrons. The molecule has 0 saturated carbocycles. The Morgan fingerprint density at radius 2 is 1.59 bits per heavy atom. The molecule has 0 unspecified atom stereocenters. The molecule has 0 bridgehead atoms. The summed E-state index contributed by atoms with van der Waals surface area (Å²) in [5.74, 6) is -0.814. The van der Waals surface area contributed by atoms with Crippen molar-refractivity contribution in [1.29, 1.82) is 0 Å². The molecule has 0 atom stereocenters. The van der Waals surface area contributed by atoms with E-state index in [1.807, 2.05) is 12.1 Å². The number of halogens is 2. The van der Waals surface area contributed by atoms with E-state index in [4.69, 9.17) is 0 Å². The molecule has 4 rings (SSSR count). The molecule has 1 heterocycles. The molecule has 4 aromatic rings. The van der Waals surface area contributed by atoms with Crippen molar-refractivity contribution in [3.63, 3.8) is 0 Å². The predicted molar refractivity (Wildman–Crippen MR) is 118 cm³/mol. The summed E-state index contributed by atoms with van der Waals surface area (Å²) in [7, 11) is -3.81. The summed E-state index contributed by atoms with van der Waals surface area (Å²) in [6, 6.07) is 18.3. The SMILES string of the molecule is O=C(Nc1ccc(F)cc1)c1ccc(S(=O)(=O)n2cc(I)c3ccccc32)cc1. The summed E-state index contributed by atoms with van der Waals surface area (Å²) in [4.78, 5) is 12.4. The second-order valence-electron chi connectivity index (χ2n) is 6.28. The standard InChI is InChI=1S/C21H14FIN2O3S/c22-15-7-9-16(10-8-15)24-21(26)14-5-11-17(12-6-14)29(27,28)25-13-19(23)18-3-1-2-4-20(18)25/h1-13H,(H,24,26). The highest BCUT2D eigenvalue weighted by Gasteiger charge is 2.21. The molecule has 0 aliphatic carbocycles. The first-order valence-corrected chi connectivity index (χ1v) is 11.1. The van der Waals surface area contributed by atoms with Crippen LogP contribution in [0.1, 0.15) is 10.4 Å². The van der Waals surface area contributed by atoms with Crippen LogP contribution in [0, 0.1) is 9.39 Å². The lowest BCUT2D eigenvalue weighted by Gasteiger charge is -2.09. The number of rotatable bonds is 4. The molecule has 8 heteroatoms. The lowest BCUT2D eigenvalue weighted by atomic mass is 10.2. The smallest absolute Gasteiger partial charge is 0.268 e. The van der Waals surface area contributed by atoms with Crippen LogP contribution in [-0.4, -0.2) is 18.3 Å². The van der Waals surface area contributed by atoms with E-state index in [9.17, 15) is 17.6 Å². The van der Waals surface area contributed by atoms with Gasteiger partial charge in [0.25, 0.3) is 15.9 Å². The Hall–Kier alpha value is -2.72. The number of fused-ring (bicyclic) bond motifs is 1. The van der Waals surface area contributed by atoms with Gasteiger partial charge in [0.2, 0.25) is 0 Å². The lowest BCUT2D eigenvalue weighted by Crippen LogP contribution is -2.14. The average molecular weight is 520 g/mol. The monoisotopic (exact) mass is 520 g/mol. The zero-order chi connectivity index (χ0) is 20.6. The Kier molecular flexibility index (Phi) is 5.13. The Balaban J connectivity index is 1.62. The molecule has 3 aromatic carbocycles. The van der Waals surface area contributed by atoms with E-state index >= 15 is 0 Å². The summed E-state index contributed by atoms with van der Waals surface area (Å²) >= 11 is 2.10. The van der Waals surface area contributed by atoms with Crippen LogP contribution in [0.15, 0.2) is 83.9 Å². The van der Waals surface area contributed by atoms with Gasteiger partial charge in [-0.3, -0.25) is 4.79 Å². The fraction of sp³-hybridized carbons (Fsp3) is 0. The number of para-hydroxylation sites is 1. The Morgan fingerprint density at radius 3 is 2.28 bits per heavy atom. The highest BCUT2D eigenvalue weighted by atomic mass is 127. The first-order chi connectivity index (χ1) is 13.9. The van der Waals surface area contributed by atoms with Crippen molar-refractivity contribution in [1.82, 2.24) is 3.97 Å². The van der Waals surface area contributed by atoms with E-state index in [0.29, 0.717) is 16.8 Å². The number of anilines is 1. The van der Waals surface area contributed by atoms with Crippen molar-refractivity contribution >= 4 is 55.1 Å². The van der Waals surface area contributed by atoms with E-state index in [1.54, 1.807) is 18.3 Å². The molecule has 0 saturated heterocycles. The molecule has 1 aromatic heterocycles. The van der Waals surface area contributed by atoms with Gasteiger partial charge in [-0.1, -0.05) is 18.2 Å². The number of amides is 1. The molecular weight excluding hydrogens is 506 g/mol. The Labute approximate surface area is 180 Å². The third-order valence-corrected chi connectivity index (χ3v) is 6.95. The fourth-order valence-electron chi connectivity index (χ4n) is 2.94. The Bertz CT molecular complexity index is 1310. The van der Waals surface area contributed by atoms with Crippen molar-refractivity contribution < 1.29 is 17.6 Å². The molecule has 0 aliphatic heterocycles. The largest absolute Gasteiger partial charge is 0.322 e. The number of carbonyl (C=O) groups is 1. The minimum Gasteiger partial charge on any atom is -0.322 e. The zero-order valence-electron chi connectivity index (χ0n) is 14.8. The lowest BCUT2D eigenvalue weighted by molar-refractivity contribution is 0.102.